The van der Waals surface area contributed by atoms with Gasteiger partial charge in [-0.1, -0.05) is 56.3 Å². The summed E-state index contributed by atoms with van der Waals surface area (Å²) in [5, 5.41) is 15.3. The second kappa shape index (κ2) is 12.7. The zero-order chi connectivity index (χ0) is 27.9. The molecule has 8 nitrogen and oxygen atoms in total. The van der Waals surface area contributed by atoms with Crippen LogP contribution in [0.25, 0.3) is 6.08 Å². The molecular formula is C31H30N4O4S. The maximum Gasteiger partial charge on any atom is 0.283 e. The molecule has 0 unspecified atom stereocenters. The van der Waals surface area contributed by atoms with Crippen LogP contribution in [0.5, 0.6) is 17.2 Å². The van der Waals surface area contributed by atoms with Crippen molar-refractivity contribution in [2.45, 2.75) is 26.2 Å². The molecule has 2 aliphatic heterocycles. The number of fused-ring (bicyclic) bond motifs is 1. The molecule has 2 heterocycles. The van der Waals surface area contributed by atoms with Gasteiger partial charge in [-0.25, -0.2) is 0 Å². The number of carbonyl (C=O) groups is 1. The molecule has 1 N–H and O–H groups in total. The lowest BCUT2D eigenvalue weighted by Gasteiger charge is -2.20. The highest BCUT2D eigenvalue weighted by atomic mass is 32.2. The number of amides is 1. The average Bonchev–Trinajstić information content (AvgIpc) is 3.40. The van der Waals surface area contributed by atoms with Gasteiger partial charge in [0.2, 0.25) is 5.17 Å². The minimum Gasteiger partial charge on any atom is -0.490 e. The fourth-order valence-electron chi connectivity index (χ4n) is 4.03. The van der Waals surface area contributed by atoms with E-state index in [1.165, 1.54) is 22.3 Å². The van der Waals surface area contributed by atoms with E-state index >= 15 is 0 Å². The first-order valence-electron chi connectivity index (χ1n) is 13.1. The maximum atomic E-state index is 12.7. The highest BCUT2D eigenvalue weighted by molar-refractivity contribution is 8.27. The number of thioether (sulfide) groups is 1. The fraction of sp³-hybridized carbons (Fsp3) is 0.226. The van der Waals surface area contributed by atoms with Gasteiger partial charge in [-0.3, -0.25) is 10.2 Å². The summed E-state index contributed by atoms with van der Waals surface area (Å²) in [6, 6.07) is 24.9. The van der Waals surface area contributed by atoms with Crippen molar-refractivity contribution in [1.82, 2.24) is 5.01 Å². The van der Waals surface area contributed by atoms with Gasteiger partial charge >= 0.3 is 0 Å². The van der Waals surface area contributed by atoms with Gasteiger partial charge in [0.15, 0.2) is 5.84 Å². The quantitative estimate of drug-likeness (QED) is 0.219. The number of nitrogens with one attached hydrogen (secondary N) is 1. The van der Waals surface area contributed by atoms with Crippen molar-refractivity contribution in [3.63, 3.8) is 0 Å². The molecule has 9 heteroatoms. The standard InChI is InChI=1S/C31H30N4O4S/c1-3-21(2)23-11-15-26(16-12-23)38-18-17-37-25-13-9-22(10-14-25)19-27-29(32)35-31(33-30(27)36)40-28(34-35)20-39-24-7-5-4-6-8-24/h4-16,19,21,32H,3,17-18,20H2,1-2H3/b27-19-,32-29?/t21-/m0/s1. The third kappa shape index (κ3) is 6.60. The first kappa shape index (κ1) is 27.2. The number of para-hydroxylation sites is 1. The summed E-state index contributed by atoms with van der Waals surface area (Å²) in [4.78, 5) is 16.8. The number of aliphatic imine (C=N–C) groups is 1. The van der Waals surface area contributed by atoms with E-state index < -0.39 is 5.91 Å². The number of benzene rings is 3. The van der Waals surface area contributed by atoms with E-state index in [0.717, 1.165) is 23.5 Å². The van der Waals surface area contributed by atoms with Gasteiger partial charge in [-0.2, -0.15) is 15.1 Å². The zero-order valence-electron chi connectivity index (χ0n) is 22.4. The molecule has 0 spiro atoms. The summed E-state index contributed by atoms with van der Waals surface area (Å²) >= 11 is 1.23. The van der Waals surface area contributed by atoms with Crippen molar-refractivity contribution < 1.29 is 19.0 Å². The molecule has 0 saturated carbocycles. The van der Waals surface area contributed by atoms with Crippen molar-refractivity contribution in [1.29, 1.82) is 5.41 Å². The van der Waals surface area contributed by atoms with Gasteiger partial charge in [0.05, 0.1) is 5.57 Å². The lowest BCUT2D eigenvalue weighted by Crippen LogP contribution is -2.35. The number of rotatable bonds is 11. The number of amidine groups is 2. The third-order valence-electron chi connectivity index (χ3n) is 6.48. The number of hydrogen-bond donors (Lipinski definition) is 1. The summed E-state index contributed by atoms with van der Waals surface area (Å²) in [7, 11) is 0. The second-order valence-electron chi connectivity index (χ2n) is 9.26. The molecular weight excluding hydrogens is 524 g/mol. The summed E-state index contributed by atoms with van der Waals surface area (Å²) in [6.07, 6.45) is 2.75. The van der Waals surface area contributed by atoms with Crippen LogP contribution in [0.3, 0.4) is 0 Å². The molecule has 2 aliphatic rings. The summed E-state index contributed by atoms with van der Waals surface area (Å²) in [5.41, 5.74) is 2.23. The fourth-order valence-corrected chi connectivity index (χ4v) is 4.82. The lowest BCUT2D eigenvalue weighted by atomic mass is 9.99. The van der Waals surface area contributed by atoms with Crippen LogP contribution in [-0.2, 0) is 4.79 Å². The van der Waals surface area contributed by atoms with E-state index in [2.05, 4.69) is 36.1 Å². The molecule has 3 aromatic carbocycles. The Hall–Kier alpha value is -4.37. The van der Waals surface area contributed by atoms with Crippen LogP contribution in [0.2, 0.25) is 0 Å². The Bertz CT molecular complexity index is 1450. The number of hydrogen-bond acceptors (Lipinski definition) is 7. The van der Waals surface area contributed by atoms with Crippen LogP contribution in [0, 0.1) is 5.41 Å². The minimum absolute atomic E-state index is 0.0214. The normalized spacial score (nSPS) is 16.4. The van der Waals surface area contributed by atoms with E-state index in [-0.39, 0.29) is 18.0 Å². The van der Waals surface area contributed by atoms with E-state index in [1.807, 2.05) is 66.7 Å². The molecule has 0 aliphatic carbocycles. The monoisotopic (exact) mass is 554 g/mol. The van der Waals surface area contributed by atoms with Crippen LogP contribution in [-0.4, -0.2) is 46.8 Å². The third-order valence-corrected chi connectivity index (χ3v) is 7.36. The van der Waals surface area contributed by atoms with Crippen LogP contribution in [0.15, 0.2) is 94.5 Å². The first-order valence-corrected chi connectivity index (χ1v) is 13.9. The van der Waals surface area contributed by atoms with Crippen molar-refractivity contribution in [2.24, 2.45) is 10.1 Å². The van der Waals surface area contributed by atoms with Crippen molar-refractivity contribution in [3.8, 4) is 17.2 Å². The Morgan fingerprint density at radius 2 is 1.52 bits per heavy atom. The zero-order valence-corrected chi connectivity index (χ0v) is 23.2. The van der Waals surface area contributed by atoms with Gasteiger partial charge in [0.1, 0.15) is 42.1 Å². The SMILES string of the molecule is CC[C@H](C)c1ccc(OCCOc2ccc(/C=C3/C(=N)N4N=C(COc5ccccc5)SC4=NC3=O)cc2)cc1. The molecule has 0 bridgehead atoms. The molecule has 3 aromatic rings. The molecule has 0 saturated heterocycles. The lowest BCUT2D eigenvalue weighted by molar-refractivity contribution is -0.114. The minimum atomic E-state index is -0.473. The number of ether oxygens (including phenoxy) is 3. The second-order valence-corrected chi connectivity index (χ2v) is 10.3. The van der Waals surface area contributed by atoms with E-state index in [9.17, 15) is 4.79 Å². The van der Waals surface area contributed by atoms with Gasteiger partial charge in [0.25, 0.3) is 5.91 Å². The number of hydrazone groups is 1. The Morgan fingerprint density at radius 1 is 0.900 bits per heavy atom. The molecule has 204 valence electrons. The summed E-state index contributed by atoms with van der Waals surface area (Å²) < 4.78 is 17.3. The largest absolute Gasteiger partial charge is 0.490 e. The average molecular weight is 555 g/mol. The molecule has 1 atom stereocenters. The highest BCUT2D eigenvalue weighted by Crippen LogP contribution is 2.29. The van der Waals surface area contributed by atoms with Crippen molar-refractivity contribution in [3.05, 3.63) is 95.6 Å². The van der Waals surface area contributed by atoms with Crippen LogP contribution < -0.4 is 14.2 Å². The topological polar surface area (TPSA) is 96.6 Å². The smallest absolute Gasteiger partial charge is 0.283 e. The van der Waals surface area contributed by atoms with Gasteiger partial charge in [0, 0.05) is 0 Å². The predicted octanol–water partition coefficient (Wildman–Crippen LogP) is 6.36. The Kier molecular flexibility index (Phi) is 8.61. The van der Waals surface area contributed by atoms with Crippen molar-refractivity contribution in [2.75, 3.05) is 19.8 Å². The Morgan fingerprint density at radius 3 is 2.17 bits per heavy atom. The van der Waals surface area contributed by atoms with Crippen molar-refractivity contribution >= 4 is 39.8 Å². The number of nitrogens with zero attached hydrogens (tertiary/aromatic N) is 3. The summed E-state index contributed by atoms with van der Waals surface area (Å²) in [5.74, 6) is 2.27. The molecule has 0 radical (unpaired) electrons. The van der Waals surface area contributed by atoms with Gasteiger partial charge in [-0.15, -0.1) is 0 Å². The van der Waals surface area contributed by atoms with Crippen LogP contribution >= 0.6 is 11.8 Å². The highest BCUT2D eigenvalue weighted by Gasteiger charge is 2.35. The summed E-state index contributed by atoms with van der Waals surface area (Å²) in [6.45, 7) is 5.44. The molecule has 1 amide bonds. The maximum absolute atomic E-state index is 12.7. The predicted molar refractivity (Wildman–Crippen MR) is 160 cm³/mol. The van der Waals surface area contributed by atoms with Gasteiger partial charge in [-0.05, 0) is 77.7 Å². The molecule has 5 rings (SSSR count). The van der Waals surface area contributed by atoms with Gasteiger partial charge < -0.3 is 14.2 Å². The number of carbonyl (C=O) groups excluding carboxylic acids is 1. The van der Waals surface area contributed by atoms with E-state index in [4.69, 9.17) is 19.6 Å². The van der Waals surface area contributed by atoms with E-state index in [0.29, 0.717) is 35.1 Å². The van der Waals surface area contributed by atoms with Crippen LogP contribution in [0.4, 0.5) is 0 Å². The molecule has 0 fully saturated rings. The van der Waals surface area contributed by atoms with E-state index in [1.54, 1.807) is 6.08 Å². The Balaban J connectivity index is 1.13. The first-order chi connectivity index (χ1) is 19.5. The molecule has 0 aromatic heterocycles. The molecule has 40 heavy (non-hydrogen) atoms. The Labute approximate surface area is 237 Å². The van der Waals surface area contributed by atoms with Crippen LogP contribution in [0.1, 0.15) is 37.3 Å².